The van der Waals surface area contributed by atoms with Crippen LogP contribution in [0, 0.1) is 0 Å². The van der Waals surface area contributed by atoms with E-state index in [1.165, 1.54) is 60.5 Å². The van der Waals surface area contributed by atoms with Gasteiger partial charge in [-0.2, -0.15) is 0 Å². The normalized spacial score (nSPS) is 20.0. The predicted octanol–water partition coefficient (Wildman–Crippen LogP) is 2.22. The molecule has 9 heteroatoms. The molecule has 1 unspecified atom stereocenters. The first-order chi connectivity index (χ1) is 15.2. The highest BCUT2D eigenvalue weighted by molar-refractivity contribution is 7.21. The second-order valence-corrected chi connectivity index (χ2v) is 9.30. The number of thiophene rings is 1. The fourth-order valence-corrected chi connectivity index (χ4v) is 5.52. The number of aromatic amines is 1. The van der Waals surface area contributed by atoms with Crippen molar-refractivity contribution in [1.29, 1.82) is 0 Å². The Kier molecular flexibility index (Phi) is 5.89. The van der Waals surface area contributed by atoms with Crippen LogP contribution >= 0.6 is 11.3 Å². The molecule has 2 fully saturated rings. The first-order valence-corrected chi connectivity index (χ1v) is 11.8. The number of nitrogens with one attached hydrogen (secondary N) is 1. The highest BCUT2D eigenvalue weighted by Crippen LogP contribution is 2.34. The standard InChI is InChI=1S/C22H27N5O3S/c28-19-6-11-27(22(29)24-19)20-14-17-18(31-20)4-7-23-21(17)26-10-5-16(15-26)30-13-12-25-8-2-1-3-9-25/h4,6-7,11,14,16H,1-3,5,8-10,12-13,15H2,(H,24,28,29). The lowest BCUT2D eigenvalue weighted by Crippen LogP contribution is -2.34. The maximum Gasteiger partial charge on any atom is 0.333 e. The van der Waals surface area contributed by atoms with Crippen LogP contribution in [0.4, 0.5) is 5.82 Å². The van der Waals surface area contributed by atoms with Crippen molar-refractivity contribution < 1.29 is 4.74 Å². The van der Waals surface area contributed by atoms with E-state index < -0.39 is 11.2 Å². The maximum atomic E-state index is 12.2. The Morgan fingerprint density at radius 1 is 1.16 bits per heavy atom. The Bertz CT molecular complexity index is 1160. The SMILES string of the molecule is O=c1ccn(-c2cc3c(N4CCC(OCCN5CCCCC5)C4)nccc3s2)c(=O)[nH]1. The van der Waals surface area contributed by atoms with Crippen molar-refractivity contribution >= 4 is 27.2 Å². The van der Waals surface area contributed by atoms with Gasteiger partial charge in [-0.15, -0.1) is 11.3 Å². The molecular formula is C22H27N5O3S. The Morgan fingerprint density at radius 2 is 2.03 bits per heavy atom. The molecule has 5 heterocycles. The monoisotopic (exact) mass is 441 g/mol. The lowest BCUT2D eigenvalue weighted by Gasteiger charge is -2.26. The van der Waals surface area contributed by atoms with E-state index in [2.05, 4.69) is 19.8 Å². The minimum absolute atomic E-state index is 0.224. The van der Waals surface area contributed by atoms with Gasteiger partial charge in [-0.05, 0) is 44.5 Å². The predicted molar refractivity (Wildman–Crippen MR) is 123 cm³/mol. The summed E-state index contributed by atoms with van der Waals surface area (Å²) in [5, 5.41) is 1.79. The molecule has 0 amide bonds. The molecule has 0 bridgehead atoms. The summed E-state index contributed by atoms with van der Waals surface area (Å²) in [4.78, 5) is 35.3. The number of nitrogens with zero attached hydrogens (tertiary/aromatic N) is 4. The molecule has 3 aromatic rings. The van der Waals surface area contributed by atoms with Crippen molar-refractivity contribution in [2.24, 2.45) is 0 Å². The fourth-order valence-electron chi connectivity index (χ4n) is 4.48. The van der Waals surface area contributed by atoms with Gasteiger partial charge in [-0.25, -0.2) is 9.78 Å². The summed E-state index contributed by atoms with van der Waals surface area (Å²) in [6, 6.07) is 5.30. The fraction of sp³-hybridized carbons (Fsp3) is 0.500. The number of fused-ring (bicyclic) bond motifs is 1. The van der Waals surface area contributed by atoms with E-state index in [-0.39, 0.29) is 6.10 Å². The number of aromatic nitrogens is 3. The lowest BCUT2D eigenvalue weighted by atomic mass is 10.1. The van der Waals surface area contributed by atoms with Gasteiger partial charge in [0.1, 0.15) is 10.8 Å². The van der Waals surface area contributed by atoms with Crippen LogP contribution in [0.1, 0.15) is 25.7 Å². The van der Waals surface area contributed by atoms with Gasteiger partial charge in [0.25, 0.3) is 5.56 Å². The van der Waals surface area contributed by atoms with E-state index in [1.807, 2.05) is 18.3 Å². The summed E-state index contributed by atoms with van der Waals surface area (Å²) in [5.41, 5.74) is -0.829. The van der Waals surface area contributed by atoms with Crippen LogP contribution in [0.25, 0.3) is 15.1 Å². The minimum Gasteiger partial charge on any atom is -0.375 e. The molecule has 2 aliphatic heterocycles. The zero-order valence-electron chi connectivity index (χ0n) is 17.5. The number of hydrogen-bond donors (Lipinski definition) is 1. The van der Waals surface area contributed by atoms with E-state index in [1.54, 1.807) is 0 Å². The Labute approximate surface area is 184 Å². The summed E-state index contributed by atoms with van der Waals surface area (Å²) >= 11 is 1.51. The number of piperidine rings is 1. The number of hydrogen-bond acceptors (Lipinski definition) is 7. The molecule has 1 N–H and O–H groups in total. The summed E-state index contributed by atoms with van der Waals surface area (Å²) in [6.45, 7) is 5.94. The van der Waals surface area contributed by atoms with Crippen LogP contribution < -0.4 is 16.1 Å². The van der Waals surface area contributed by atoms with Crippen LogP contribution in [-0.4, -0.2) is 64.9 Å². The Hall–Kier alpha value is -2.49. The van der Waals surface area contributed by atoms with Gasteiger partial charge in [0.05, 0.1) is 12.7 Å². The molecule has 0 aromatic carbocycles. The van der Waals surface area contributed by atoms with Crippen molar-refractivity contribution in [3.05, 3.63) is 51.4 Å². The van der Waals surface area contributed by atoms with Gasteiger partial charge >= 0.3 is 5.69 Å². The second-order valence-electron chi connectivity index (χ2n) is 8.24. The third-order valence-corrected chi connectivity index (χ3v) is 7.23. The molecule has 2 aliphatic rings. The first-order valence-electron chi connectivity index (χ1n) is 11.0. The maximum absolute atomic E-state index is 12.2. The summed E-state index contributed by atoms with van der Waals surface area (Å²) in [7, 11) is 0. The van der Waals surface area contributed by atoms with Crippen molar-refractivity contribution in [1.82, 2.24) is 19.4 Å². The third kappa shape index (κ3) is 4.44. The van der Waals surface area contributed by atoms with Crippen LogP contribution in [0.5, 0.6) is 0 Å². The Morgan fingerprint density at radius 3 is 2.87 bits per heavy atom. The van der Waals surface area contributed by atoms with E-state index in [0.29, 0.717) is 0 Å². The summed E-state index contributed by atoms with van der Waals surface area (Å²) in [5.74, 6) is 0.930. The van der Waals surface area contributed by atoms with E-state index in [9.17, 15) is 9.59 Å². The smallest absolute Gasteiger partial charge is 0.333 e. The zero-order valence-corrected chi connectivity index (χ0v) is 18.3. The van der Waals surface area contributed by atoms with Gasteiger partial charge in [-0.3, -0.25) is 14.3 Å². The molecule has 0 spiro atoms. The number of likely N-dealkylation sites (tertiary alicyclic amines) is 1. The lowest BCUT2D eigenvalue weighted by molar-refractivity contribution is 0.0467. The number of rotatable bonds is 6. The van der Waals surface area contributed by atoms with Crippen molar-refractivity contribution in [3.63, 3.8) is 0 Å². The Balaban J connectivity index is 1.28. The van der Waals surface area contributed by atoms with Crippen molar-refractivity contribution in [2.45, 2.75) is 31.8 Å². The largest absolute Gasteiger partial charge is 0.375 e. The van der Waals surface area contributed by atoms with Gasteiger partial charge in [-0.1, -0.05) is 6.42 Å². The molecule has 2 saturated heterocycles. The van der Waals surface area contributed by atoms with Crippen molar-refractivity contribution in [3.8, 4) is 5.00 Å². The third-order valence-electron chi connectivity index (χ3n) is 6.13. The quantitative estimate of drug-likeness (QED) is 0.632. The number of H-pyrrole nitrogens is 1. The molecule has 164 valence electrons. The number of anilines is 1. The van der Waals surface area contributed by atoms with E-state index in [4.69, 9.17) is 4.74 Å². The average molecular weight is 442 g/mol. The zero-order chi connectivity index (χ0) is 21.2. The molecule has 1 atom stereocenters. The van der Waals surface area contributed by atoms with Gasteiger partial charge in [0.15, 0.2) is 0 Å². The minimum atomic E-state index is -0.433. The molecule has 5 rings (SSSR count). The number of pyridine rings is 1. The van der Waals surface area contributed by atoms with Gasteiger partial charge in [0.2, 0.25) is 0 Å². The van der Waals surface area contributed by atoms with Gasteiger partial charge < -0.3 is 14.5 Å². The second kappa shape index (κ2) is 8.94. The highest BCUT2D eigenvalue weighted by atomic mass is 32.1. The van der Waals surface area contributed by atoms with Crippen LogP contribution in [0.3, 0.4) is 0 Å². The average Bonchev–Trinajstić information content (AvgIpc) is 3.41. The summed E-state index contributed by atoms with van der Waals surface area (Å²) in [6.07, 6.45) is 8.52. The molecule has 31 heavy (non-hydrogen) atoms. The number of ether oxygens (including phenoxy) is 1. The molecule has 8 nitrogen and oxygen atoms in total. The topological polar surface area (TPSA) is 83.5 Å². The highest BCUT2D eigenvalue weighted by Gasteiger charge is 2.26. The van der Waals surface area contributed by atoms with E-state index >= 15 is 0 Å². The van der Waals surface area contributed by atoms with Gasteiger partial charge in [0, 0.05) is 48.2 Å². The molecule has 3 aromatic heterocycles. The molecular weight excluding hydrogens is 414 g/mol. The molecule has 0 saturated carbocycles. The van der Waals surface area contributed by atoms with E-state index in [0.717, 1.165) is 53.6 Å². The van der Waals surface area contributed by atoms with Crippen LogP contribution in [0.2, 0.25) is 0 Å². The molecule has 0 radical (unpaired) electrons. The molecule has 0 aliphatic carbocycles. The van der Waals surface area contributed by atoms with Crippen LogP contribution in [-0.2, 0) is 4.74 Å². The first kappa shape index (κ1) is 20.4. The summed E-state index contributed by atoms with van der Waals surface area (Å²) < 4.78 is 8.71. The van der Waals surface area contributed by atoms with Crippen molar-refractivity contribution in [2.75, 3.05) is 44.2 Å². The van der Waals surface area contributed by atoms with Crippen LogP contribution in [0.15, 0.2) is 40.2 Å².